The van der Waals surface area contributed by atoms with Crippen molar-refractivity contribution in [3.8, 4) is 28.7 Å². The Labute approximate surface area is 148 Å². The first kappa shape index (κ1) is 18.6. The fourth-order valence-corrected chi connectivity index (χ4v) is 2.50. The monoisotopic (exact) mass is 340 g/mol. The molecule has 132 valence electrons. The van der Waals surface area contributed by atoms with Crippen molar-refractivity contribution in [3.63, 3.8) is 0 Å². The van der Waals surface area contributed by atoms with Crippen molar-refractivity contribution in [2.45, 2.75) is 34.1 Å². The summed E-state index contributed by atoms with van der Waals surface area (Å²) in [7, 11) is 0. The molecule has 1 heterocycles. The first-order chi connectivity index (χ1) is 12.0. The highest BCUT2D eigenvalue weighted by Gasteiger charge is 2.14. The minimum Gasteiger partial charge on any atom is -0.490 e. The Morgan fingerprint density at radius 1 is 1.20 bits per heavy atom. The maximum absolute atomic E-state index is 12.0. The quantitative estimate of drug-likeness (QED) is 0.825. The van der Waals surface area contributed by atoms with Gasteiger partial charge in [0.1, 0.15) is 11.6 Å². The third-order valence-corrected chi connectivity index (χ3v) is 3.79. The van der Waals surface area contributed by atoms with Gasteiger partial charge in [-0.3, -0.25) is 4.79 Å². The lowest BCUT2D eigenvalue weighted by Crippen LogP contribution is -2.12. The summed E-state index contributed by atoms with van der Waals surface area (Å²) < 4.78 is 11.5. The first-order valence-corrected chi connectivity index (χ1v) is 8.50. The van der Waals surface area contributed by atoms with Gasteiger partial charge < -0.3 is 14.5 Å². The molecule has 1 N–H and O–H groups in total. The summed E-state index contributed by atoms with van der Waals surface area (Å²) in [6, 6.07) is 9.29. The van der Waals surface area contributed by atoms with Crippen LogP contribution in [-0.4, -0.2) is 18.2 Å². The molecule has 2 aromatic rings. The van der Waals surface area contributed by atoms with Gasteiger partial charge in [0.25, 0.3) is 5.56 Å². The fourth-order valence-electron chi connectivity index (χ4n) is 2.50. The zero-order valence-corrected chi connectivity index (χ0v) is 15.2. The molecule has 0 aliphatic carbocycles. The number of nitriles is 1. The number of ether oxygens (including phenoxy) is 2. The zero-order chi connectivity index (χ0) is 18.4. The van der Waals surface area contributed by atoms with Crippen LogP contribution in [0.3, 0.4) is 0 Å². The Hall–Kier alpha value is -2.74. The Morgan fingerprint density at radius 2 is 1.96 bits per heavy atom. The molecule has 0 aliphatic rings. The standard InChI is InChI=1S/C20H24N2O3/c1-5-24-19-11-15(6-7-18(19)25-9-8-13(2)3)16-10-14(4)22-20(23)17(16)12-21/h6-7,10-11,13H,5,8-9H2,1-4H3,(H,22,23). The van der Waals surface area contributed by atoms with E-state index in [4.69, 9.17) is 9.47 Å². The van der Waals surface area contributed by atoms with Crippen molar-refractivity contribution in [2.24, 2.45) is 5.92 Å². The normalized spacial score (nSPS) is 10.6. The molecule has 0 spiro atoms. The van der Waals surface area contributed by atoms with E-state index >= 15 is 0 Å². The van der Waals surface area contributed by atoms with Crippen molar-refractivity contribution >= 4 is 0 Å². The number of pyridine rings is 1. The average Bonchev–Trinajstić information content (AvgIpc) is 2.55. The molecule has 0 amide bonds. The van der Waals surface area contributed by atoms with E-state index < -0.39 is 0 Å². The van der Waals surface area contributed by atoms with Crippen molar-refractivity contribution in [3.05, 3.63) is 45.9 Å². The number of hydrogen-bond acceptors (Lipinski definition) is 4. The summed E-state index contributed by atoms with van der Waals surface area (Å²) >= 11 is 0. The molecule has 5 heteroatoms. The van der Waals surface area contributed by atoms with E-state index in [-0.39, 0.29) is 11.1 Å². The Kier molecular flexibility index (Phi) is 6.24. The van der Waals surface area contributed by atoms with E-state index in [2.05, 4.69) is 18.8 Å². The van der Waals surface area contributed by atoms with Crippen molar-refractivity contribution in [1.29, 1.82) is 5.26 Å². The van der Waals surface area contributed by atoms with Crippen LogP contribution in [-0.2, 0) is 0 Å². The molecule has 0 saturated heterocycles. The van der Waals surface area contributed by atoms with Crippen molar-refractivity contribution < 1.29 is 9.47 Å². The minimum atomic E-state index is -0.382. The number of aryl methyl sites for hydroxylation is 1. The van der Waals surface area contributed by atoms with Crippen LogP contribution in [0.2, 0.25) is 0 Å². The second-order valence-corrected chi connectivity index (χ2v) is 6.31. The van der Waals surface area contributed by atoms with Gasteiger partial charge in [0.15, 0.2) is 11.5 Å². The van der Waals surface area contributed by atoms with E-state index in [9.17, 15) is 10.1 Å². The molecule has 5 nitrogen and oxygen atoms in total. The van der Waals surface area contributed by atoms with Gasteiger partial charge >= 0.3 is 0 Å². The lowest BCUT2D eigenvalue weighted by atomic mass is 10.0. The number of benzene rings is 1. The third-order valence-electron chi connectivity index (χ3n) is 3.79. The second-order valence-electron chi connectivity index (χ2n) is 6.31. The molecule has 1 aromatic heterocycles. The van der Waals surface area contributed by atoms with Gasteiger partial charge in [-0.25, -0.2) is 0 Å². The van der Waals surface area contributed by atoms with E-state index in [1.165, 1.54) is 0 Å². The van der Waals surface area contributed by atoms with Crippen LogP contribution in [0.5, 0.6) is 11.5 Å². The van der Waals surface area contributed by atoms with Gasteiger partial charge in [-0.15, -0.1) is 0 Å². The highest BCUT2D eigenvalue weighted by molar-refractivity contribution is 5.72. The summed E-state index contributed by atoms with van der Waals surface area (Å²) in [5, 5.41) is 9.32. The maximum Gasteiger partial charge on any atom is 0.266 e. The fraction of sp³-hybridized carbons (Fsp3) is 0.400. The summed E-state index contributed by atoms with van der Waals surface area (Å²) in [5.74, 6) is 1.85. The Bertz CT molecular complexity index is 832. The van der Waals surface area contributed by atoms with Crippen LogP contribution < -0.4 is 15.0 Å². The molecule has 0 saturated carbocycles. The van der Waals surface area contributed by atoms with Crippen LogP contribution in [0.25, 0.3) is 11.1 Å². The Balaban J connectivity index is 2.43. The predicted octanol–water partition coefficient (Wildman–Crippen LogP) is 4.05. The van der Waals surface area contributed by atoms with Gasteiger partial charge in [-0.2, -0.15) is 5.26 Å². The van der Waals surface area contributed by atoms with Gasteiger partial charge in [0.2, 0.25) is 0 Å². The maximum atomic E-state index is 12.0. The highest BCUT2D eigenvalue weighted by atomic mass is 16.5. The summed E-state index contributed by atoms with van der Waals surface area (Å²) in [5.41, 5.74) is 1.77. The SMILES string of the molecule is CCOc1cc(-c2cc(C)[nH]c(=O)c2C#N)ccc1OCCC(C)C. The number of nitrogens with zero attached hydrogens (tertiary/aromatic N) is 1. The van der Waals surface area contributed by atoms with E-state index in [0.717, 1.165) is 12.0 Å². The zero-order valence-electron chi connectivity index (χ0n) is 15.2. The molecule has 0 fully saturated rings. The van der Waals surface area contributed by atoms with Crippen LogP contribution in [0.15, 0.2) is 29.1 Å². The molecule has 0 atom stereocenters. The number of aromatic nitrogens is 1. The van der Waals surface area contributed by atoms with Crippen LogP contribution >= 0.6 is 0 Å². The van der Waals surface area contributed by atoms with Gasteiger partial charge in [-0.1, -0.05) is 19.9 Å². The molecule has 0 aliphatic heterocycles. The highest BCUT2D eigenvalue weighted by Crippen LogP contribution is 2.34. The smallest absolute Gasteiger partial charge is 0.266 e. The number of hydrogen-bond donors (Lipinski definition) is 1. The molecular weight excluding hydrogens is 316 g/mol. The second kappa shape index (κ2) is 8.39. The predicted molar refractivity (Wildman–Crippen MR) is 98.1 cm³/mol. The molecule has 1 aromatic carbocycles. The van der Waals surface area contributed by atoms with E-state index in [0.29, 0.717) is 41.9 Å². The summed E-state index contributed by atoms with van der Waals surface area (Å²) in [6.07, 6.45) is 0.957. The lowest BCUT2D eigenvalue weighted by Gasteiger charge is -2.15. The number of nitrogens with one attached hydrogen (secondary N) is 1. The minimum absolute atomic E-state index is 0.0986. The largest absolute Gasteiger partial charge is 0.490 e. The van der Waals surface area contributed by atoms with Crippen LogP contribution in [0.4, 0.5) is 0 Å². The summed E-state index contributed by atoms with van der Waals surface area (Å²) in [6.45, 7) is 9.11. The topological polar surface area (TPSA) is 75.1 Å². The van der Waals surface area contributed by atoms with Gasteiger partial charge in [0, 0.05) is 11.3 Å². The Morgan fingerprint density at radius 3 is 2.60 bits per heavy atom. The van der Waals surface area contributed by atoms with E-state index in [1.807, 2.05) is 31.2 Å². The number of rotatable bonds is 7. The number of aromatic amines is 1. The third kappa shape index (κ3) is 4.63. The average molecular weight is 340 g/mol. The molecule has 0 unspecified atom stereocenters. The molecule has 0 bridgehead atoms. The van der Waals surface area contributed by atoms with Gasteiger partial charge in [-0.05, 0) is 49.9 Å². The van der Waals surface area contributed by atoms with Gasteiger partial charge in [0.05, 0.1) is 13.2 Å². The molecule has 2 rings (SSSR count). The van der Waals surface area contributed by atoms with E-state index in [1.54, 1.807) is 13.0 Å². The molecule has 0 radical (unpaired) electrons. The molecule has 25 heavy (non-hydrogen) atoms. The van der Waals surface area contributed by atoms with Crippen molar-refractivity contribution in [2.75, 3.05) is 13.2 Å². The number of H-pyrrole nitrogens is 1. The van der Waals surface area contributed by atoms with Crippen molar-refractivity contribution in [1.82, 2.24) is 4.98 Å². The van der Waals surface area contributed by atoms with Crippen LogP contribution in [0, 0.1) is 24.2 Å². The first-order valence-electron chi connectivity index (χ1n) is 8.50. The lowest BCUT2D eigenvalue weighted by molar-refractivity contribution is 0.261. The molecular formula is C20H24N2O3. The summed E-state index contributed by atoms with van der Waals surface area (Å²) in [4.78, 5) is 14.7. The van der Waals surface area contributed by atoms with Crippen LogP contribution in [0.1, 0.15) is 38.4 Å².